The minimum absolute atomic E-state index is 0.116. The Balaban J connectivity index is 2.25. The van der Waals surface area contributed by atoms with Gasteiger partial charge in [-0.25, -0.2) is 0 Å². The highest BCUT2D eigenvalue weighted by Gasteiger charge is 2.08. The van der Waals surface area contributed by atoms with Crippen LogP contribution in [0.25, 0.3) is 0 Å². The number of aromatic nitrogens is 2. The highest BCUT2D eigenvalue weighted by molar-refractivity contribution is 9.11. The summed E-state index contributed by atoms with van der Waals surface area (Å²) in [6, 6.07) is 3.47. The Hall–Kier alpha value is -0.920. The normalized spacial score (nSPS) is 10.8. The van der Waals surface area contributed by atoms with Crippen LogP contribution in [0.15, 0.2) is 36.6 Å². The molecule has 0 radical (unpaired) electrons. The van der Waals surface area contributed by atoms with Gasteiger partial charge in [0.25, 0.3) is 5.56 Å². The minimum Gasteiger partial charge on any atom is -0.377 e. The van der Waals surface area contributed by atoms with Crippen LogP contribution < -0.4 is 5.56 Å². The molecule has 2 aromatic rings. The molecular formula is C11H10Br2N2O3. The van der Waals surface area contributed by atoms with Gasteiger partial charge in [0.15, 0.2) is 5.76 Å². The van der Waals surface area contributed by atoms with Crippen LogP contribution in [0.3, 0.4) is 0 Å². The van der Waals surface area contributed by atoms with E-state index >= 15 is 0 Å². The monoisotopic (exact) mass is 376 g/mol. The van der Waals surface area contributed by atoms with E-state index in [-0.39, 0.29) is 5.56 Å². The van der Waals surface area contributed by atoms with Crippen molar-refractivity contribution < 1.29 is 9.26 Å². The number of hydrogen-bond donors (Lipinski definition) is 0. The molecule has 0 unspecified atom stereocenters. The summed E-state index contributed by atoms with van der Waals surface area (Å²) in [7, 11) is 1.58. The maximum absolute atomic E-state index is 11.9. The van der Waals surface area contributed by atoms with Gasteiger partial charge < -0.3 is 13.8 Å². The molecule has 0 aliphatic heterocycles. The molecular weight excluding hydrogens is 368 g/mol. The number of ether oxygens (including phenoxy) is 1. The van der Waals surface area contributed by atoms with Gasteiger partial charge >= 0.3 is 0 Å². The summed E-state index contributed by atoms with van der Waals surface area (Å²) in [6.07, 6.45) is 1.71. The number of methoxy groups -OCH3 is 1. The van der Waals surface area contributed by atoms with Gasteiger partial charge in [-0.05, 0) is 37.9 Å². The van der Waals surface area contributed by atoms with E-state index < -0.39 is 0 Å². The molecule has 0 spiro atoms. The number of halogens is 2. The molecule has 2 aromatic heterocycles. The van der Waals surface area contributed by atoms with Crippen LogP contribution in [-0.4, -0.2) is 16.8 Å². The number of pyridine rings is 1. The van der Waals surface area contributed by atoms with E-state index in [0.29, 0.717) is 29.1 Å². The Morgan fingerprint density at radius 1 is 1.44 bits per heavy atom. The Labute approximate surface area is 120 Å². The first-order valence-corrected chi connectivity index (χ1v) is 6.67. The Bertz CT molecular complexity index is 607. The highest BCUT2D eigenvalue weighted by atomic mass is 79.9. The van der Waals surface area contributed by atoms with E-state index in [2.05, 4.69) is 37.0 Å². The zero-order valence-corrected chi connectivity index (χ0v) is 12.7. The van der Waals surface area contributed by atoms with Gasteiger partial charge in [0.05, 0.1) is 11.0 Å². The second-order valence-corrected chi connectivity index (χ2v) is 5.43. The molecule has 0 aromatic carbocycles. The minimum atomic E-state index is -0.116. The first-order chi connectivity index (χ1) is 8.60. The van der Waals surface area contributed by atoms with Crippen molar-refractivity contribution in [2.24, 2.45) is 0 Å². The topological polar surface area (TPSA) is 57.3 Å². The molecule has 7 heteroatoms. The molecule has 2 rings (SSSR count). The predicted molar refractivity (Wildman–Crippen MR) is 72.4 cm³/mol. The Morgan fingerprint density at radius 3 is 2.94 bits per heavy atom. The fourth-order valence-corrected chi connectivity index (χ4v) is 2.75. The van der Waals surface area contributed by atoms with Gasteiger partial charge in [0, 0.05) is 23.8 Å². The van der Waals surface area contributed by atoms with E-state index in [4.69, 9.17) is 9.26 Å². The fourth-order valence-electron chi connectivity index (χ4n) is 1.50. The molecule has 0 N–H and O–H groups in total. The first-order valence-electron chi connectivity index (χ1n) is 5.09. The van der Waals surface area contributed by atoms with Crippen LogP contribution >= 0.6 is 31.9 Å². The highest BCUT2D eigenvalue weighted by Crippen LogP contribution is 2.14. The van der Waals surface area contributed by atoms with Crippen LogP contribution in [0, 0.1) is 0 Å². The van der Waals surface area contributed by atoms with Gasteiger partial charge in [0.2, 0.25) is 0 Å². The molecule has 2 heterocycles. The van der Waals surface area contributed by atoms with E-state index in [1.807, 2.05) is 0 Å². The average molecular weight is 378 g/mol. The van der Waals surface area contributed by atoms with Gasteiger partial charge in [-0.1, -0.05) is 5.16 Å². The zero-order valence-electron chi connectivity index (χ0n) is 9.52. The lowest BCUT2D eigenvalue weighted by Gasteiger charge is -2.04. The van der Waals surface area contributed by atoms with E-state index in [0.717, 1.165) is 4.47 Å². The van der Waals surface area contributed by atoms with Gasteiger partial charge in [-0.15, -0.1) is 0 Å². The second kappa shape index (κ2) is 5.81. The molecule has 0 saturated carbocycles. The largest absolute Gasteiger partial charge is 0.377 e. The third-order valence-corrected chi connectivity index (χ3v) is 3.24. The Morgan fingerprint density at radius 2 is 2.22 bits per heavy atom. The SMILES string of the molecule is COCc1cc(Cn2cc(Br)cc(Br)c2=O)no1. The van der Waals surface area contributed by atoms with Crippen molar-refractivity contribution in [2.45, 2.75) is 13.2 Å². The van der Waals surface area contributed by atoms with Gasteiger partial charge in [-0.2, -0.15) is 0 Å². The van der Waals surface area contributed by atoms with Crippen molar-refractivity contribution in [2.75, 3.05) is 7.11 Å². The van der Waals surface area contributed by atoms with Crippen LogP contribution in [0.4, 0.5) is 0 Å². The summed E-state index contributed by atoms with van der Waals surface area (Å²) in [6.45, 7) is 0.716. The molecule has 0 amide bonds. The van der Waals surface area contributed by atoms with E-state index in [9.17, 15) is 4.79 Å². The molecule has 0 aliphatic carbocycles. The van der Waals surface area contributed by atoms with Crippen LogP contribution in [0.5, 0.6) is 0 Å². The zero-order chi connectivity index (χ0) is 13.1. The maximum atomic E-state index is 11.9. The van der Waals surface area contributed by atoms with Crippen molar-refractivity contribution in [3.63, 3.8) is 0 Å². The summed E-state index contributed by atoms with van der Waals surface area (Å²) in [5.41, 5.74) is 0.559. The predicted octanol–water partition coefficient (Wildman–Crippen LogP) is 2.56. The lowest BCUT2D eigenvalue weighted by atomic mass is 10.3. The number of nitrogens with zero attached hydrogens (tertiary/aromatic N) is 2. The van der Waals surface area contributed by atoms with Gasteiger partial charge in [0.1, 0.15) is 12.3 Å². The maximum Gasteiger partial charge on any atom is 0.265 e. The van der Waals surface area contributed by atoms with E-state index in [1.54, 1.807) is 30.0 Å². The van der Waals surface area contributed by atoms with Crippen molar-refractivity contribution >= 4 is 31.9 Å². The Kier molecular flexibility index (Phi) is 4.36. The summed E-state index contributed by atoms with van der Waals surface area (Å²) >= 11 is 6.55. The van der Waals surface area contributed by atoms with Crippen molar-refractivity contribution in [1.29, 1.82) is 0 Å². The third-order valence-electron chi connectivity index (χ3n) is 2.24. The second-order valence-electron chi connectivity index (χ2n) is 3.66. The summed E-state index contributed by atoms with van der Waals surface area (Å²) < 4.78 is 12.9. The first kappa shape index (κ1) is 13.5. The van der Waals surface area contributed by atoms with Crippen LogP contribution in [0.2, 0.25) is 0 Å². The lowest BCUT2D eigenvalue weighted by Crippen LogP contribution is -2.20. The molecule has 96 valence electrons. The van der Waals surface area contributed by atoms with Crippen LogP contribution in [-0.2, 0) is 17.9 Å². The lowest BCUT2D eigenvalue weighted by molar-refractivity contribution is 0.155. The van der Waals surface area contributed by atoms with Crippen molar-refractivity contribution in [1.82, 2.24) is 9.72 Å². The molecule has 0 atom stereocenters. The smallest absolute Gasteiger partial charge is 0.265 e. The summed E-state index contributed by atoms with van der Waals surface area (Å²) in [4.78, 5) is 11.9. The average Bonchev–Trinajstić information content (AvgIpc) is 2.73. The molecule has 0 bridgehead atoms. The summed E-state index contributed by atoms with van der Waals surface area (Å²) in [5.74, 6) is 0.634. The number of hydrogen-bond acceptors (Lipinski definition) is 4. The van der Waals surface area contributed by atoms with E-state index in [1.165, 1.54) is 0 Å². The third kappa shape index (κ3) is 3.09. The van der Waals surface area contributed by atoms with Gasteiger partial charge in [-0.3, -0.25) is 4.79 Å². The molecule has 5 nitrogen and oxygen atoms in total. The molecule has 18 heavy (non-hydrogen) atoms. The summed E-state index contributed by atoms with van der Waals surface area (Å²) in [5, 5.41) is 3.89. The standard InChI is InChI=1S/C11H10Br2N2O3/c1-17-6-9-3-8(14-18-9)5-15-4-7(12)2-10(13)11(15)16/h2-4H,5-6H2,1H3. The van der Waals surface area contributed by atoms with Crippen molar-refractivity contribution in [3.8, 4) is 0 Å². The van der Waals surface area contributed by atoms with Crippen molar-refractivity contribution in [3.05, 3.63) is 49.1 Å². The number of rotatable bonds is 4. The van der Waals surface area contributed by atoms with Crippen LogP contribution in [0.1, 0.15) is 11.5 Å². The molecule has 0 saturated heterocycles. The quantitative estimate of drug-likeness (QED) is 0.821. The molecule has 0 fully saturated rings. The fraction of sp³-hybridized carbons (Fsp3) is 0.273. The molecule has 0 aliphatic rings.